The second-order valence-electron chi connectivity index (χ2n) is 9.99. The quantitative estimate of drug-likeness (QED) is 0.340. The number of halogens is 3. The molecule has 1 unspecified atom stereocenters. The average molecular weight is 562 g/mol. The van der Waals surface area contributed by atoms with Crippen molar-refractivity contribution in [1.82, 2.24) is 20.2 Å². The predicted octanol–water partition coefficient (Wildman–Crippen LogP) is 4.05. The number of nitrogens with zero attached hydrogens (tertiary/aromatic N) is 3. The van der Waals surface area contributed by atoms with E-state index in [1.54, 1.807) is 12.3 Å². The number of aromatic nitrogens is 2. The summed E-state index contributed by atoms with van der Waals surface area (Å²) in [5.74, 6) is -1.47. The summed E-state index contributed by atoms with van der Waals surface area (Å²) in [6.45, 7) is 1.99. The Morgan fingerprint density at radius 2 is 2.23 bits per heavy atom. The summed E-state index contributed by atoms with van der Waals surface area (Å²) in [6, 6.07) is 6.50. The molecule has 3 aromatic rings. The summed E-state index contributed by atoms with van der Waals surface area (Å²) in [4.78, 5) is 22.8. The summed E-state index contributed by atoms with van der Waals surface area (Å²) in [5.41, 5.74) is 2.42. The molecule has 1 amide bonds. The van der Waals surface area contributed by atoms with Gasteiger partial charge < -0.3 is 24.9 Å². The number of carbonyl (C=O) groups excluding carboxylic acids is 1. The van der Waals surface area contributed by atoms with Crippen LogP contribution in [-0.4, -0.2) is 63.6 Å². The van der Waals surface area contributed by atoms with Crippen LogP contribution in [0.3, 0.4) is 0 Å². The first kappa shape index (κ1) is 27.3. The fourth-order valence-electron chi connectivity index (χ4n) is 4.99. The Morgan fingerprint density at radius 1 is 1.36 bits per heavy atom. The summed E-state index contributed by atoms with van der Waals surface area (Å²) in [5, 5.41) is 16.9. The minimum atomic E-state index is -2.67. The molecule has 208 valence electrons. The van der Waals surface area contributed by atoms with Gasteiger partial charge in [0, 0.05) is 56.8 Å². The molecule has 2 aromatic heterocycles. The van der Waals surface area contributed by atoms with Crippen molar-refractivity contribution >= 4 is 23.3 Å². The largest absolute Gasteiger partial charge is 0.484 e. The van der Waals surface area contributed by atoms with Gasteiger partial charge in [-0.3, -0.25) is 9.69 Å². The van der Waals surface area contributed by atoms with E-state index in [0.717, 1.165) is 11.1 Å². The Bertz CT molecular complexity index is 1290. The highest BCUT2D eigenvalue weighted by molar-refractivity contribution is 6.33. The number of fused-ring (bicyclic) bond motifs is 1. The van der Waals surface area contributed by atoms with Crippen LogP contribution in [0, 0.1) is 0 Å². The van der Waals surface area contributed by atoms with Crippen LogP contribution in [0.5, 0.6) is 5.75 Å². The number of benzene rings is 1. The van der Waals surface area contributed by atoms with Crippen molar-refractivity contribution in [2.75, 3.05) is 25.0 Å². The number of pyridine rings is 1. The first-order valence-corrected chi connectivity index (χ1v) is 13.2. The van der Waals surface area contributed by atoms with E-state index in [9.17, 15) is 18.7 Å². The van der Waals surface area contributed by atoms with Crippen molar-refractivity contribution in [3.63, 3.8) is 0 Å². The highest BCUT2D eigenvalue weighted by Crippen LogP contribution is 2.36. The van der Waals surface area contributed by atoms with E-state index in [2.05, 4.69) is 25.5 Å². The van der Waals surface area contributed by atoms with Crippen LogP contribution in [-0.2, 0) is 19.6 Å². The lowest BCUT2D eigenvalue weighted by molar-refractivity contribution is 0.00851. The number of anilines is 1. The van der Waals surface area contributed by atoms with Crippen LogP contribution >= 0.6 is 11.6 Å². The molecule has 5 rings (SSSR count). The summed E-state index contributed by atoms with van der Waals surface area (Å²) < 4.78 is 37.9. The van der Waals surface area contributed by atoms with Gasteiger partial charge in [-0.05, 0) is 42.2 Å². The van der Waals surface area contributed by atoms with Gasteiger partial charge in [-0.1, -0.05) is 17.7 Å². The van der Waals surface area contributed by atoms with E-state index in [4.69, 9.17) is 20.8 Å². The molecule has 1 fully saturated rings. The number of rotatable bonds is 10. The summed E-state index contributed by atoms with van der Waals surface area (Å²) in [6.07, 6.45) is 4.26. The van der Waals surface area contributed by atoms with Crippen LogP contribution in [0.25, 0.3) is 0 Å². The standard InChI is InChI=1S/C27H30ClF2N5O4/c28-25-22-5-8-35(13-18(22)1-2-23(25)38-15-21-12-31-16-39-21)14-20(36)11-33-26(37)17-4-7-32-24(9-17)34-19-3-6-27(29,30)10-19/h1-2,4,7,9,12,16,19-20,36H,3,5-6,8,10-11,13-15H2,(H,32,34)(H,33,37)/t19?,20-/m0/s1. The van der Waals surface area contributed by atoms with Crippen molar-refractivity contribution in [3.05, 3.63) is 70.5 Å². The van der Waals surface area contributed by atoms with E-state index < -0.39 is 12.0 Å². The van der Waals surface area contributed by atoms with Crippen LogP contribution in [0.15, 0.2) is 47.5 Å². The maximum absolute atomic E-state index is 13.5. The Balaban J connectivity index is 1.09. The van der Waals surface area contributed by atoms with Crippen LogP contribution in [0.1, 0.15) is 46.5 Å². The molecule has 0 saturated heterocycles. The number of hydrogen-bond acceptors (Lipinski definition) is 8. The van der Waals surface area contributed by atoms with Gasteiger partial charge in [0.2, 0.25) is 5.92 Å². The number of aliphatic hydroxyl groups is 1. The Kier molecular flexibility index (Phi) is 8.29. The van der Waals surface area contributed by atoms with Gasteiger partial charge in [0.1, 0.15) is 18.2 Å². The number of hydrogen-bond donors (Lipinski definition) is 3. The molecule has 3 N–H and O–H groups in total. The third kappa shape index (κ3) is 7.03. The van der Waals surface area contributed by atoms with Crippen molar-refractivity contribution < 1.29 is 27.8 Å². The lowest BCUT2D eigenvalue weighted by Crippen LogP contribution is -2.42. The number of ether oxygens (including phenoxy) is 1. The third-order valence-corrected chi connectivity index (χ3v) is 7.39. The molecular formula is C27H30ClF2N5O4. The average Bonchev–Trinajstić information content (AvgIpc) is 3.56. The van der Waals surface area contributed by atoms with Crippen LogP contribution < -0.4 is 15.4 Å². The first-order chi connectivity index (χ1) is 18.8. The highest BCUT2D eigenvalue weighted by atomic mass is 35.5. The molecule has 1 aliphatic heterocycles. The Labute approximate surface area is 229 Å². The molecule has 0 radical (unpaired) electrons. The Morgan fingerprint density at radius 3 is 3.00 bits per heavy atom. The van der Waals surface area contributed by atoms with E-state index in [-0.39, 0.29) is 37.9 Å². The van der Waals surface area contributed by atoms with Crippen molar-refractivity contribution in [2.24, 2.45) is 0 Å². The second kappa shape index (κ2) is 11.8. The zero-order valence-electron chi connectivity index (χ0n) is 21.2. The number of nitrogens with one attached hydrogen (secondary N) is 2. The minimum Gasteiger partial charge on any atom is -0.484 e. The second-order valence-corrected chi connectivity index (χ2v) is 10.4. The topological polar surface area (TPSA) is 113 Å². The van der Waals surface area contributed by atoms with E-state index in [0.29, 0.717) is 60.4 Å². The monoisotopic (exact) mass is 561 g/mol. The molecule has 1 aliphatic carbocycles. The number of oxazole rings is 1. The summed E-state index contributed by atoms with van der Waals surface area (Å²) >= 11 is 6.61. The summed E-state index contributed by atoms with van der Waals surface area (Å²) in [7, 11) is 0. The number of alkyl halides is 2. The van der Waals surface area contributed by atoms with E-state index in [1.807, 2.05) is 12.1 Å². The number of carbonyl (C=O) groups is 1. The molecule has 0 bridgehead atoms. The molecule has 12 heteroatoms. The maximum Gasteiger partial charge on any atom is 0.251 e. The van der Waals surface area contributed by atoms with Crippen molar-refractivity contribution in [3.8, 4) is 5.75 Å². The fourth-order valence-corrected chi connectivity index (χ4v) is 5.32. The number of amides is 1. The number of aliphatic hydroxyl groups excluding tert-OH is 1. The van der Waals surface area contributed by atoms with Gasteiger partial charge >= 0.3 is 0 Å². The lowest BCUT2D eigenvalue weighted by Gasteiger charge is -2.31. The fraction of sp³-hybridized carbons (Fsp3) is 0.444. The maximum atomic E-state index is 13.5. The third-order valence-electron chi connectivity index (χ3n) is 6.98. The molecule has 0 spiro atoms. The SMILES string of the molecule is O=C(NC[C@H](O)CN1CCc2c(ccc(OCc3cnco3)c2Cl)C1)c1ccnc(NC2CCC(F)(F)C2)c1. The molecule has 2 aliphatic rings. The molecule has 3 heterocycles. The van der Waals surface area contributed by atoms with Gasteiger partial charge in [0.05, 0.1) is 17.3 Å². The highest BCUT2D eigenvalue weighted by Gasteiger charge is 2.39. The first-order valence-electron chi connectivity index (χ1n) is 12.9. The van der Waals surface area contributed by atoms with Gasteiger partial charge in [0.15, 0.2) is 12.2 Å². The van der Waals surface area contributed by atoms with E-state index >= 15 is 0 Å². The van der Waals surface area contributed by atoms with Crippen molar-refractivity contribution in [1.29, 1.82) is 0 Å². The molecule has 1 saturated carbocycles. The number of β-amino-alcohol motifs (C(OH)–C–C–N with tert-alkyl or cyclic N) is 1. The normalized spacial score (nSPS) is 19.3. The van der Waals surface area contributed by atoms with Crippen molar-refractivity contribution in [2.45, 2.75) is 56.9 Å². The Hall–Kier alpha value is -3.28. The zero-order chi connectivity index (χ0) is 27.4. The molecule has 9 nitrogen and oxygen atoms in total. The minimum absolute atomic E-state index is 0.0668. The lowest BCUT2D eigenvalue weighted by atomic mass is 9.99. The predicted molar refractivity (Wildman–Crippen MR) is 140 cm³/mol. The molecule has 2 atom stereocenters. The van der Waals surface area contributed by atoms with Crippen LogP contribution in [0.4, 0.5) is 14.6 Å². The van der Waals surface area contributed by atoms with Gasteiger partial charge in [-0.25, -0.2) is 18.7 Å². The molecule has 39 heavy (non-hydrogen) atoms. The van der Waals surface area contributed by atoms with Gasteiger partial charge in [-0.15, -0.1) is 0 Å². The smallest absolute Gasteiger partial charge is 0.251 e. The van der Waals surface area contributed by atoms with Gasteiger partial charge in [-0.2, -0.15) is 0 Å². The molecular weight excluding hydrogens is 532 g/mol. The zero-order valence-corrected chi connectivity index (χ0v) is 22.0. The van der Waals surface area contributed by atoms with Crippen LogP contribution in [0.2, 0.25) is 5.02 Å². The molecule has 1 aromatic carbocycles. The van der Waals surface area contributed by atoms with Gasteiger partial charge in [0.25, 0.3) is 5.91 Å². The van der Waals surface area contributed by atoms with E-state index in [1.165, 1.54) is 18.7 Å².